The van der Waals surface area contributed by atoms with Crippen LogP contribution in [0.25, 0.3) is 11.1 Å². The van der Waals surface area contributed by atoms with Crippen LogP contribution in [0.5, 0.6) is 5.75 Å². The van der Waals surface area contributed by atoms with E-state index in [4.69, 9.17) is 4.74 Å². The predicted octanol–water partition coefficient (Wildman–Crippen LogP) is 2.92. The smallest absolute Gasteiger partial charge is 0.234 e. The van der Waals surface area contributed by atoms with Gasteiger partial charge in [0.1, 0.15) is 23.5 Å². The Bertz CT molecular complexity index is 837. The summed E-state index contributed by atoms with van der Waals surface area (Å²) in [6.07, 6.45) is 0.265. The quantitative estimate of drug-likeness (QED) is 0.891. The number of ether oxygens (including phenoxy) is 1. The van der Waals surface area contributed by atoms with Crippen LogP contribution in [0.2, 0.25) is 0 Å². The number of carbonyl (C=O) groups is 1. The Hall–Kier alpha value is -2.47. The lowest BCUT2D eigenvalue weighted by molar-refractivity contribution is -0.122. The molecule has 0 aromatic heterocycles. The van der Waals surface area contributed by atoms with Gasteiger partial charge in [0.05, 0.1) is 13.1 Å². The number of halogens is 2. The minimum atomic E-state index is -0.360. The summed E-state index contributed by atoms with van der Waals surface area (Å²) < 4.78 is 33.6. The minimum Gasteiger partial charge on any atom is -0.487 e. The van der Waals surface area contributed by atoms with Gasteiger partial charge < -0.3 is 15.0 Å². The number of carbonyl (C=O) groups excluding carboxylic acids is 1. The number of benzene rings is 2. The van der Waals surface area contributed by atoms with E-state index < -0.39 is 0 Å². The summed E-state index contributed by atoms with van der Waals surface area (Å²) in [4.78, 5) is 13.6. The lowest BCUT2D eigenvalue weighted by Crippen LogP contribution is -2.39. The SMILES string of the molecule is Cc1cc(-c2cc(F)cc3c2OC(CNC(=O)CN(C)C)C3)ccc1F. The summed E-state index contributed by atoms with van der Waals surface area (Å²) >= 11 is 0. The first-order valence-electron chi connectivity index (χ1n) is 8.50. The van der Waals surface area contributed by atoms with E-state index in [0.29, 0.717) is 42.0 Å². The van der Waals surface area contributed by atoms with Crippen molar-refractivity contribution in [1.82, 2.24) is 10.2 Å². The second-order valence-corrected chi connectivity index (χ2v) is 6.89. The van der Waals surface area contributed by atoms with Gasteiger partial charge in [0, 0.05) is 17.5 Å². The number of amides is 1. The number of aryl methyl sites for hydroxylation is 1. The molecule has 0 spiro atoms. The predicted molar refractivity (Wildman–Crippen MR) is 96.2 cm³/mol. The molecule has 1 unspecified atom stereocenters. The molecule has 1 heterocycles. The molecule has 0 radical (unpaired) electrons. The second-order valence-electron chi connectivity index (χ2n) is 6.89. The van der Waals surface area contributed by atoms with Gasteiger partial charge in [0.2, 0.25) is 5.91 Å². The maximum Gasteiger partial charge on any atom is 0.234 e. The van der Waals surface area contributed by atoms with Crippen LogP contribution in [0.15, 0.2) is 30.3 Å². The van der Waals surface area contributed by atoms with Crippen LogP contribution in [-0.2, 0) is 11.2 Å². The fraction of sp³-hybridized carbons (Fsp3) is 0.350. The molecule has 2 aromatic carbocycles. The standard InChI is InChI=1S/C20H22F2N2O2/c1-12-6-13(4-5-18(12)22)17-9-15(21)7-14-8-16(26-20(14)17)10-23-19(25)11-24(2)3/h4-7,9,16H,8,10-11H2,1-3H3,(H,23,25). The van der Waals surface area contributed by atoms with Gasteiger partial charge in [-0.05, 0) is 56.4 Å². The summed E-state index contributed by atoms with van der Waals surface area (Å²) in [5.41, 5.74) is 2.56. The fourth-order valence-corrected chi connectivity index (χ4v) is 3.11. The number of hydrogen-bond donors (Lipinski definition) is 1. The largest absolute Gasteiger partial charge is 0.487 e. The van der Waals surface area contributed by atoms with Crippen molar-refractivity contribution in [2.45, 2.75) is 19.4 Å². The average Bonchev–Trinajstić information content (AvgIpc) is 2.97. The molecule has 1 aliphatic rings. The van der Waals surface area contributed by atoms with Gasteiger partial charge in [-0.2, -0.15) is 0 Å². The summed E-state index contributed by atoms with van der Waals surface area (Å²) in [5, 5.41) is 2.83. The van der Waals surface area contributed by atoms with E-state index in [1.807, 2.05) is 14.1 Å². The first-order chi connectivity index (χ1) is 12.3. The maximum atomic E-state index is 14.1. The second kappa shape index (κ2) is 7.41. The van der Waals surface area contributed by atoms with Gasteiger partial charge in [-0.15, -0.1) is 0 Å². The van der Waals surface area contributed by atoms with Crippen LogP contribution in [0.3, 0.4) is 0 Å². The van der Waals surface area contributed by atoms with Crippen LogP contribution in [0.4, 0.5) is 8.78 Å². The summed E-state index contributed by atoms with van der Waals surface area (Å²) in [6, 6.07) is 7.53. The Morgan fingerprint density at radius 2 is 2.04 bits per heavy atom. The van der Waals surface area contributed by atoms with Crippen LogP contribution < -0.4 is 10.1 Å². The molecule has 4 nitrogen and oxygen atoms in total. The lowest BCUT2D eigenvalue weighted by atomic mass is 9.99. The number of nitrogens with one attached hydrogen (secondary N) is 1. The third-order valence-electron chi connectivity index (χ3n) is 4.32. The molecule has 1 atom stereocenters. The Morgan fingerprint density at radius 1 is 1.27 bits per heavy atom. The molecule has 0 saturated heterocycles. The summed E-state index contributed by atoms with van der Waals surface area (Å²) in [6.45, 7) is 2.32. The zero-order chi connectivity index (χ0) is 18.8. The highest BCUT2D eigenvalue weighted by atomic mass is 19.1. The first-order valence-corrected chi connectivity index (χ1v) is 8.50. The third kappa shape index (κ3) is 4.02. The zero-order valence-electron chi connectivity index (χ0n) is 15.1. The number of rotatable bonds is 5. The molecular formula is C20H22F2N2O2. The monoisotopic (exact) mass is 360 g/mol. The van der Waals surface area contributed by atoms with E-state index in [9.17, 15) is 13.6 Å². The van der Waals surface area contributed by atoms with E-state index in [2.05, 4.69) is 5.32 Å². The van der Waals surface area contributed by atoms with E-state index >= 15 is 0 Å². The van der Waals surface area contributed by atoms with Gasteiger partial charge in [-0.3, -0.25) is 4.79 Å². The molecule has 1 aliphatic heterocycles. The Morgan fingerprint density at radius 3 is 2.73 bits per heavy atom. The van der Waals surface area contributed by atoms with Crippen molar-refractivity contribution >= 4 is 5.91 Å². The van der Waals surface area contributed by atoms with Crippen molar-refractivity contribution in [3.05, 3.63) is 53.1 Å². The lowest BCUT2D eigenvalue weighted by Gasteiger charge is -2.15. The molecule has 0 saturated carbocycles. The van der Waals surface area contributed by atoms with Gasteiger partial charge >= 0.3 is 0 Å². The van der Waals surface area contributed by atoms with Crippen molar-refractivity contribution in [1.29, 1.82) is 0 Å². The molecular weight excluding hydrogens is 338 g/mol. The number of nitrogens with zero attached hydrogens (tertiary/aromatic N) is 1. The minimum absolute atomic E-state index is 0.0879. The van der Waals surface area contributed by atoms with Gasteiger partial charge in [-0.1, -0.05) is 6.07 Å². The van der Waals surface area contributed by atoms with E-state index in [1.54, 1.807) is 24.0 Å². The fourth-order valence-electron chi connectivity index (χ4n) is 3.11. The number of hydrogen-bond acceptors (Lipinski definition) is 3. The molecule has 2 aromatic rings. The van der Waals surface area contributed by atoms with Crippen molar-refractivity contribution in [3.63, 3.8) is 0 Å². The van der Waals surface area contributed by atoms with Crippen molar-refractivity contribution in [3.8, 4) is 16.9 Å². The van der Waals surface area contributed by atoms with Crippen molar-refractivity contribution in [2.24, 2.45) is 0 Å². The third-order valence-corrected chi connectivity index (χ3v) is 4.32. The number of likely N-dealkylation sites (N-methyl/N-ethyl adjacent to an activating group) is 1. The first kappa shape index (κ1) is 18.3. The zero-order valence-corrected chi connectivity index (χ0v) is 15.1. The highest BCUT2D eigenvalue weighted by molar-refractivity contribution is 5.78. The van der Waals surface area contributed by atoms with Crippen LogP contribution >= 0.6 is 0 Å². The van der Waals surface area contributed by atoms with Gasteiger partial charge in [-0.25, -0.2) is 8.78 Å². The summed E-state index contributed by atoms with van der Waals surface area (Å²) in [7, 11) is 3.64. The van der Waals surface area contributed by atoms with E-state index in [1.165, 1.54) is 18.2 Å². The maximum absolute atomic E-state index is 14.1. The molecule has 26 heavy (non-hydrogen) atoms. The molecule has 0 bridgehead atoms. The molecule has 3 rings (SSSR count). The van der Waals surface area contributed by atoms with Crippen molar-refractivity contribution < 1.29 is 18.3 Å². The molecule has 138 valence electrons. The highest BCUT2D eigenvalue weighted by Gasteiger charge is 2.27. The Labute approximate surface area is 151 Å². The Kier molecular flexibility index (Phi) is 5.23. The highest BCUT2D eigenvalue weighted by Crippen LogP contribution is 2.40. The molecule has 6 heteroatoms. The van der Waals surface area contributed by atoms with Crippen LogP contribution in [-0.4, -0.2) is 44.1 Å². The van der Waals surface area contributed by atoms with Crippen molar-refractivity contribution in [2.75, 3.05) is 27.2 Å². The average molecular weight is 360 g/mol. The van der Waals surface area contributed by atoms with E-state index in [0.717, 1.165) is 5.56 Å². The topological polar surface area (TPSA) is 41.6 Å². The number of fused-ring (bicyclic) bond motifs is 1. The summed E-state index contributed by atoms with van der Waals surface area (Å²) in [5.74, 6) is -0.148. The molecule has 0 fully saturated rings. The molecule has 1 N–H and O–H groups in total. The normalized spacial score (nSPS) is 15.7. The van der Waals surface area contributed by atoms with Crippen LogP contribution in [0.1, 0.15) is 11.1 Å². The van der Waals surface area contributed by atoms with Gasteiger partial charge in [0.25, 0.3) is 0 Å². The van der Waals surface area contributed by atoms with Gasteiger partial charge in [0.15, 0.2) is 0 Å². The Balaban J connectivity index is 1.79. The van der Waals surface area contributed by atoms with E-state index in [-0.39, 0.29) is 23.6 Å². The molecule has 0 aliphatic carbocycles. The van der Waals surface area contributed by atoms with Crippen LogP contribution in [0, 0.1) is 18.6 Å². The molecule has 1 amide bonds.